The van der Waals surface area contributed by atoms with E-state index in [-0.39, 0.29) is 0 Å². The number of hydrogen-bond donors (Lipinski definition) is 0. The van der Waals surface area contributed by atoms with Crippen LogP contribution in [0, 0.1) is 0 Å². The molecule has 0 fully saturated rings. The van der Waals surface area contributed by atoms with Gasteiger partial charge in [0.1, 0.15) is 11.4 Å². The van der Waals surface area contributed by atoms with Crippen molar-refractivity contribution in [1.29, 1.82) is 0 Å². The van der Waals surface area contributed by atoms with Crippen LogP contribution in [-0.2, 0) is 0 Å². The summed E-state index contributed by atoms with van der Waals surface area (Å²) in [5.41, 5.74) is 28.9. The van der Waals surface area contributed by atoms with Gasteiger partial charge in [-0.3, -0.25) is 15.0 Å². The van der Waals surface area contributed by atoms with Crippen LogP contribution < -0.4 is 0 Å². The number of rotatable bonds is 12. The van der Waals surface area contributed by atoms with Crippen LogP contribution in [0.3, 0.4) is 0 Å². The van der Waals surface area contributed by atoms with Crippen molar-refractivity contribution in [3.63, 3.8) is 0 Å². The lowest BCUT2D eigenvalue weighted by Gasteiger charge is -2.13. The molecule has 0 bridgehead atoms. The van der Waals surface area contributed by atoms with Crippen molar-refractivity contribution in [3.05, 3.63) is 401 Å². The summed E-state index contributed by atoms with van der Waals surface area (Å²) in [6.45, 7) is 0. The second-order valence-electron chi connectivity index (χ2n) is 29.9. The number of aromatic nitrogens is 12. The summed E-state index contributed by atoms with van der Waals surface area (Å²) >= 11 is 0. The van der Waals surface area contributed by atoms with Gasteiger partial charge >= 0.3 is 0 Å². The number of pyridine rings is 8. The van der Waals surface area contributed by atoms with Crippen molar-refractivity contribution < 1.29 is 0 Å². The van der Waals surface area contributed by atoms with Crippen LogP contribution >= 0.6 is 0 Å². The maximum Gasteiger partial charge on any atom is 0.179 e. The van der Waals surface area contributed by atoms with E-state index in [2.05, 4.69) is 282 Å². The lowest BCUT2D eigenvalue weighted by atomic mass is 9.95. The van der Waals surface area contributed by atoms with Crippen LogP contribution in [-0.4, -0.2) is 59.8 Å². The van der Waals surface area contributed by atoms with Crippen LogP contribution in [0.15, 0.2) is 401 Å². The number of benzene rings is 13. The van der Waals surface area contributed by atoms with Gasteiger partial charge in [0, 0.05) is 101 Å². The van der Waals surface area contributed by atoms with Gasteiger partial charge in [-0.25, -0.2) is 44.9 Å². The van der Waals surface area contributed by atoms with E-state index < -0.39 is 0 Å². The van der Waals surface area contributed by atoms with Crippen molar-refractivity contribution in [3.8, 4) is 135 Å². The molecule has 558 valence electrons. The van der Waals surface area contributed by atoms with Crippen molar-refractivity contribution >= 4 is 98.0 Å². The maximum absolute atomic E-state index is 5.21. The summed E-state index contributed by atoms with van der Waals surface area (Å²) in [5, 5.41) is 10.8. The third-order valence-corrected chi connectivity index (χ3v) is 22.5. The minimum absolute atomic E-state index is 0.587. The molecule has 0 N–H and O–H groups in total. The first kappa shape index (κ1) is 70.2. The fourth-order valence-corrected chi connectivity index (χ4v) is 16.4. The van der Waals surface area contributed by atoms with Gasteiger partial charge in [0.15, 0.2) is 11.6 Å². The van der Waals surface area contributed by atoms with E-state index in [9.17, 15) is 0 Å². The minimum Gasteiger partial charge on any atom is -0.254 e. The minimum atomic E-state index is 0.587. The van der Waals surface area contributed by atoms with Crippen LogP contribution in [0.1, 0.15) is 0 Å². The van der Waals surface area contributed by atoms with Crippen LogP contribution in [0.2, 0.25) is 0 Å². The Bertz CT molecular complexity index is 7850. The largest absolute Gasteiger partial charge is 0.254 e. The Labute approximate surface area is 689 Å². The quantitative estimate of drug-likeness (QED) is 0.107. The molecule has 0 saturated heterocycles. The molecule has 10 heterocycles. The molecule has 0 radical (unpaired) electrons. The van der Waals surface area contributed by atoms with Crippen LogP contribution in [0.4, 0.5) is 0 Å². The van der Waals surface area contributed by atoms with Crippen molar-refractivity contribution in [2.45, 2.75) is 0 Å². The van der Waals surface area contributed by atoms with Crippen molar-refractivity contribution in [2.24, 2.45) is 0 Å². The molecule has 13 aromatic carbocycles. The standard InChI is InChI=1S/C56H34N6.C52H32N6/c1-3-10-35(11-4-1)52-34-53(36-12-5-2-6-13-36)62-56(61-52)50-30-21-37-17-20-41(33-51(37)59-50)40-23-27-47-42(32-40)24-29-48(58-47)45-25-26-46(44-16-8-7-15-43(44)45)49-28-22-39-19-18-38-14-9-31-57-54(38)55(39)60-49;1-3-9-34(10-4-1)48-32-49(35-11-5-2-6-12-35)58-52(57-48)46-26-21-37-19-20-39(31-47(37)56-46)38-22-24-45-40(29-38)23-25-44(55-45)36-17-15-33(16-18-36)43-30-41-13-7-27-53-50(41)51-42(43)14-8-28-54-51/h1-34H;1-32H. The molecule has 23 aromatic rings. The van der Waals surface area contributed by atoms with Gasteiger partial charge in [-0.15, -0.1) is 0 Å². The summed E-state index contributed by atoms with van der Waals surface area (Å²) in [6, 6.07) is 132. The Morgan fingerprint density at radius 2 is 0.483 bits per heavy atom. The SMILES string of the molecule is c1ccc(-c2cc(-c3ccccc3)nc(-c3ccc4ccc(-c5ccc6nc(-c7ccc(-c8cc9cccnc9c9ncccc89)cc7)ccc6c5)cc4n3)n2)cc1.c1ccc(-c2cc(-c3ccccc3)nc(-c3ccc4ccc(-c5ccc6nc(-c7ccc(-c8ccc9ccc%10cccnc%10c9n8)c8ccccc78)ccc6c5)cc4n3)n2)cc1. The van der Waals surface area contributed by atoms with Crippen molar-refractivity contribution in [1.82, 2.24) is 59.8 Å². The summed E-state index contributed by atoms with van der Waals surface area (Å²) in [6.07, 6.45) is 5.48. The zero-order valence-corrected chi connectivity index (χ0v) is 64.5. The Morgan fingerprint density at radius 1 is 0.142 bits per heavy atom. The van der Waals surface area contributed by atoms with E-state index >= 15 is 0 Å². The van der Waals surface area contributed by atoms with Crippen LogP contribution in [0.25, 0.3) is 233 Å². The maximum atomic E-state index is 5.21. The summed E-state index contributed by atoms with van der Waals surface area (Å²) in [4.78, 5) is 59.7. The Hall–Kier alpha value is -16.4. The van der Waals surface area contributed by atoms with E-state index in [1.165, 1.54) is 0 Å². The molecule has 0 aliphatic rings. The highest BCUT2D eigenvalue weighted by molar-refractivity contribution is 6.11. The second kappa shape index (κ2) is 30.1. The zero-order chi connectivity index (χ0) is 79.4. The smallest absolute Gasteiger partial charge is 0.179 e. The third-order valence-electron chi connectivity index (χ3n) is 22.5. The fourth-order valence-electron chi connectivity index (χ4n) is 16.4. The average Bonchev–Trinajstić information content (AvgIpc) is 0.758. The Morgan fingerprint density at radius 3 is 1.00 bits per heavy atom. The number of nitrogens with zero attached hydrogens (tertiary/aromatic N) is 12. The molecule has 23 rings (SSSR count). The van der Waals surface area contributed by atoms with E-state index in [0.717, 1.165) is 222 Å². The topological polar surface area (TPSA) is 155 Å². The molecule has 0 amide bonds. The molecule has 0 saturated carbocycles. The van der Waals surface area contributed by atoms with Gasteiger partial charge in [-0.1, -0.05) is 279 Å². The number of fused-ring (bicyclic) bond motifs is 11. The van der Waals surface area contributed by atoms with Gasteiger partial charge in [-0.2, -0.15) is 0 Å². The van der Waals surface area contributed by atoms with E-state index in [0.29, 0.717) is 11.6 Å². The molecule has 0 aliphatic carbocycles. The summed E-state index contributed by atoms with van der Waals surface area (Å²) in [5.74, 6) is 1.18. The molecule has 12 nitrogen and oxygen atoms in total. The van der Waals surface area contributed by atoms with Crippen LogP contribution in [0.5, 0.6) is 0 Å². The second-order valence-corrected chi connectivity index (χ2v) is 29.9. The molecule has 0 unspecified atom stereocenters. The average molecular weight is 1530 g/mol. The lowest BCUT2D eigenvalue weighted by molar-refractivity contribution is 1.16. The number of hydrogen-bond acceptors (Lipinski definition) is 12. The molecular weight excluding hydrogens is 1470 g/mol. The first-order valence-electron chi connectivity index (χ1n) is 39.9. The fraction of sp³-hybridized carbons (Fsp3) is 0. The highest BCUT2D eigenvalue weighted by Crippen LogP contribution is 2.41. The first-order valence-corrected chi connectivity index (χ1v) is 39.9. The summed E-state index contributed by atoms with van der Waals surface area (Å²) in [7, 11) is 0. The zero-order valence-electron chi connectivity index (χ0n) is 64.5. The first-order chi connectivity index (χ1) is 59.4. The normalized spacial score (nSPS) is 11.5. The molecule has 12 heteroatoms. The Balaban J connectivity index is 0.000000144. The third kappa shape index (κ3) is 13.4. The highest BCUT2D eigenvalue weighted by Gasteiger charge is 2.20. The molecule has 120 heavy (non-hydrogen) atoms. The predicted octanol–water partition coefficient (Wildman–Crippen LogP) is 26.5. The molecule has 0 spiro atoms. The Kier molecular flexibility index (Phi) is 17.6. The van der Waals surface area contributed by atoms with Gasteiger partial charge < -0.3 is 0 Å². The van der Waals surface area contributed by atoms with Gasteiger partial charge in [-0.05, 0) is 147 Å². The van der Waals surface area contributed by atoms with E-state index in [4.69, 9.17) is 44.9 Å². The summed E-state index contributed by atoms with van der Waals surface area (Å²) < 4.78 is 0. The molecule has 0 aliphatic heterocycles. The monoisotopic (exact) mass is 1530 g/mol. The lowest BCUT2D eigenvalue weighted by Crippen LogP contribution is -1.97. The van der Waals surface area contributed by atoms with Gasteiger partial charge in [0.05, 0.1) is 84.0 Å². The van der Waals surface area contributed by atoms with Crippen molar-refractivity contribution in [2.75, 3.05) is 0 Å². The van der Waals surface area contributed by atoms with Gasteiger partial charge in [0.25, 0.3) is 0 Å². The highest BCUT2D eigenvalue weighted by atomic mass is 14.9. The molecule has 0 atom stereocenters. The van der Waals surface area contributed by atoms with E-state index in [1.807, 2.05) is 134 Å². The van der Waals surface area contributed by atoms with E-state index in [1.54, 1.807) is 0 Å². The molecular formula is C108H66N12. The predicted molar refractivity (Wildman–Crippen MR) is 489 cm³/mol. The van der Waals surface area contributed by atoms with Gasteiger partial charge in [0.2, 0.25) is 0 Å². The molecule has 10 aromatic heterocycles.